The van der Waals surface area contributed by atoms with Gasteiger partial charge in [-0.3, -0.25) is 9.59 Å². The minimum atomic E-state index is -1.63. The predicted octanol–water partition coefficient (Wildman–Crippen LogP) is 24.5. The Kier molecular flexibility index (Phi) is 73.1. The van der Waals surface area contributed by atoms with Crippen LogP contribution in [0.2, 0.25) is 0 Å². The minimum absolute atomic E-state index is 0.142. The zero-order chi connectivity index (χ0) is 70.4. The molecular weight excluding hydrogens is 1200 g/mol. The number of esters is 2. The highest BCUT2D eigenvalue weighted by atomic mass is 16.7. The van der Waals surface area contributed by atoms with Gasteiger partial charge in [0.25, 0.3) is 0 Å². The fraction of sp³-hybridized carbons (Fsp3) is 0.693. The number of aliphatic carboxylic acids is 1. The van der Waals surface area contributed by atoms with Crippen LogP contribution in [0.1, 0.15) is 335 Å². The van der Waals surface area contributed by atoms with Crippen molar-refractivity contribution in [2.75, 3.05) is 47.5 Å². The van der Waals surface area contributed by atoms with Crippen LogP contribution in [0.15, 0.2) is 146 Å². The lowest BCUT2D eigenvalue weighted by Gasteiger charge is -2.26. The largest absolute Gasteiger partial charge is 0.545 e. The van der Waals surface area contributed by atoms with Gasteiger partial charge in [0.1, 0.15) is 13.2 Å². The number of ether oxygens (including phenoxy) is 4. The molecule has 0 aromatic rings. The molecule has 0 saturated heterocycles. The molecule has 554 valence electrons. The van der Waals surface area contributed by atoms with Crippen molar-refractivity contribution in [2.24, 2.45) is 0 Å². The highest BCUT2D eigenvalue weighted by molar-refractivity contribution is 5.70. The fourth-order valence-corrected chi connectivity index (χ4v) is 11.1. The Morgan fingerprint density at radius 1 is 0.309 bits per heavy atom. The molecule has 0 heterocycles. The minimum Gasteiger partial charge on any atom is -0.545 e. The Balaban J connectivity index is 4.02. The molecule has 0 aliphatic rings. The van der Waals surface area contributed by atoms with Gasteiger partial charge in [-0.25, -0.2) is 0 Å². The Bertz CT molecular complexity index is 2110. The number of quaternary nitrogens is 1. The highest BCUT2D eigenvalue weighted by Gasteiger charge is 2.22. The van der Waals surface area contributed by atoms with E-state index < -0.39 is 24.3 Å². The molecule has 0 aliphatic carbocycles. The number of unbranched alkanes of at least 4 members (excludes halogenated alkanes) is 34. The van der Waals surface area contributed by atoms with E-state index in [1.807, 2.05) is 21.1 Å². The lowest BCUT2D eigenvalue weighted by atomic mass is 10.0. The monoisotopic (exact) mass is 1350 g/mol. The van der Waals surface area contributed by atoms with E-state index in [-0.39, 0.29) is 38.6 Å². The number of carboxylic acid groups (broad SMARTS) is 1. The average Bonchev–Trinajstić information content (AvgIpc) is 2.39. The van der Waals surface area contributed by atoms with Gasteiger partial charge in [0.15, 0.2) is 12.4 Å². The highest BCUT2D eigenvalue weighted by Crippen LogP contribution is 2.18. The normalized spacial score (nSPS) is 13.5. The third kappa shape index (κ3) is 78.4. The number of hydrogen-bond acceptors (Lipinski definition) is 8. The summed E-state index contributed by atoms with van der Waals surface area (Å²) in [6, 6.07) is 0. The molecule has 0 fully saturated rings. The van der Waals surface area contributed by atoms with Crippen LogP contribution in [-0.2, 0) is 33.3 Å². The first-order valence-electron chi connectivity index (χ1n) is 40.0. The van der Waals surface area contributed by atoms with Gasteiger partial charge in [-0.05, 0) is 116 Å². The van der Waals surface area contributed by atoms with E-state index in [1.165, 1.54) is 180 Å². The quantitative estimate of drug-likeness (QED) is 0.0195. The van der Waals surface area contributed by atoms with Gasteiger partial charge in [-0.2, -0.15) is 0 Å². The summed E-state index contributed by atoms with van der Waals surface area (Å²) in [6.45, 7) is 4.54. The summed E-state index contributed by atoms with van der Waals surface area (Å²) in [5.74, 6) is -2.28. The van der Waals surface area contributed by atoms with Gasteiger partial charge < -0.3 is 33.3 Å². The molecule has 9 heteroatoms. The number of likely N-dealkylation sites (N-methyl/N-ethyl adjacent to an activating group) is 1. The molecule has 0 rings (SSSR count). The van der Waals surface area contributed by atoms with E-state index in [9.17, 15) is 19.5 Å². The average molecular weight is 1350 g/mol. The standard InChI is InChI=1S/C88H149NO8/c1-6-8-10-12-14-16-18-20-22-24-26-28-30-32-34-36-38-39-40-41-42-43-44-45-46-47-49-50-52-54-56-58-60-62-64-66-68-70-72-74-76-78-85(90)95-82-84(83-96-88(87(92)93)94-81-80-89(3,4)5)97-86(91)79-77-75-73-71-69-67-65-63-61-59-57-55-53-51-48-37-35-33-31-29-27-25-23-21-19-17-15-13-11-9-7-2/h8-11,14-17,20-23,26-29,32-35,48,51,55,57,84,88H,6-7,12-13,18-19,24-25,30-31,36-47,49-50,52-54,56,58-83H2,1-5H3/b10-8-,11-9-,16-14-,17-15-,22-20-,23-21-,28-26-,29-27-,34-32-,35-33-,51-48-,57-55-. The summed E-state index contributed by atoms with van der Waals surface area (Å²) in [7, 11) is 5.93. The number of hydrogen-bond donors (Lipinski definition) is 0. The molecule has 0 N–H and O–H groups in total. The zero-order valence-electron chi connectivity index (χ0n) is 63.4. The van der Waals surface area contributed by atoms with Crippen molar-refractivity contribution in [1.29, 1.82) is 0 Å². The summed E-state index contributed by atoms with van der Waals surface area (Å²) >= 11 is 0. The maximum atomic E-state index is 13.0. The Morgan fingerprint density at radius 2 is 0.557 bits per heavy atom. The first kappa shape index (κ1) is 92.2. The molecule has 0 saturated carbocycles. The third-order valence-corrected chi connectivity index (χ3v) is 17.1. The van der Waals surface area contributed by atoms with Crippen LogP contribution in [-0.4, -0.2) is 82.3 Å². The summed E-state index contributed by atoms with van der Waals surface area (Å²) < 4.78 is 22.9. The molecule has 0 radical (unpaired) electrons. The zero-order valence-corrected chi connectivity index (χ0v) is 63.4. The SMILES string of the molecule is CC/C=C\C/C=C\C/C=C\C/C=C\C/C=C\C/C=C\C/C=C\CCCCCCCCCCCC(=O)OC(COC(=O)CCCCCCCCCCCCCCCCCCCCCCCCCCC/C=C\C/C=C\C/C=C\C/C=C\C/C=C\CC)COC(OCC[N+](C)(C)C)C(=O)[O-]. The summed E-state index contributed by atoms with van der Waals surface area (Å²) in [6.07, 6.45) is 110. The van der Waals surface area contributed by atoms with Crippen molar-refractivity contribution < 1.29 is 42.9 Å². The number of allylic oxidation sites excluding steroid dienone is 24. The number of carboxylic acids is 1. The fourth-order valence-electron chi connectivity index (χ4n) is 11.1. The van der Waals surface area contributed by atoms with Crippen LogP contribution in [0.5, 0.6) is 0 Å². The number of rotatable bonds is 73. The topological polar surface area (TPSA) is 111 Å². The van der Waals surface area contributed by atoms with Crippen molar-refractivity contribution in [3.05, 3.63) is 146 Å². The third-order valence-electron chi connectivity index (χ3n) is 17.1. The van der Waals surface area contributed by atoms with Gasteiger partial charge in [-0.15, -0.1) is 0 Å². The van der Waals surface area contributed by atoms with Crippen LogP contribution >= 0.6 is 0 Å². The van der Waals surface area contributed by atoms with Gasteiger partial charge in [0.2, 0.25) is 0 Å². The molecule has 0 aliphatic heterocycles. The predicted molar refractivity (Wildman–Crippen MR) is 416 cm³/mol. The molecule has 0 amide bonds. The van der Waals surface area contributed by atoms with Gasteiger partial charge >= 0.3 is 11.9 Å². The molecule has 0 aromatic heterocycles. The van der Waals surface area contributed by atoms with E-state index in [1.54, 1.807) is 0 Å². The summed E-state index contributed by atoms with van der Waals surface area (Å²) in [4.78, 5) is 37.6. The maximum absolute atomic E-state index is 13.0. The second kappa shape index (κ2) is 76.9. The Morgan fingerprint density at radius 3 is 0.825 bits per heavy atom. The van der Waals surface area contributed by atoms with E-state index in [4.69, 9.17) is 18.9 Å². The van der Waals surface area contributed by atoms with Crippen molar-refractivity contribution in [3.63, 3.8) is 0 Å². The molecule has 0 spiro atoms. The second-order valence-electron chi connectivity index (χ2n) is 27.6. The molecule has 0 aromatic carbocycles. The first-order chi connectivity index (χ1) is 47.6. The van der Waals surface area contributed by atoms with Crippen LogP contribution in [0.25, 0.3) is 0 Å². The first-order valence-corrected chi connectivity index (χ1v) is 40.0. The molecule has 2 atom stereocenters. The van der Waals surface area contributed by atoms with Gasteiger partial charge in [0.05, 0.1) is 40.3 Å². The summed E-state index contributed by atoms with van der Waals surface area (Å²) in [5.41, 5.74) is 0. The number of carbonyl (C=O) groups excluding carboxylic acids is 3. The van der Waals surface area contributed by atoms with Crippen molar-refractivity contribution in [2.45, 2.75) is 347 Å². The molecule has 2 unspecified atom stereocenters. The molecule has 0 bridgehead atoms. The molecular formula is C88H149NO8. The van der Waals surface area contributed by atoms with E-state index in [0.29, 0.717) is 17.4 Å². The van der Waals surface area contributed by atoms with Crippen molar-refractivity contribution in [1.82, 2.24) is 0 Å². The number of carbonyl (C=O) groups is 3. The lowest BCUT2D eigenvalue weighted by Crippen LogP contribution is -2.44. The molecule has 9 nitrogen and oxygen atoms in total. The van der Waals surface area contributed by atoms with E-state index in [2.05, 4.69) is 160 Å². The van der Waals surface area contributed by atoms with Gasteiger partial charge in [-0.1, -0.05) is 352 Å². The Labute approximate surface area is 598 Å². The van der Waals surface area contributed by atoms with Crippen LogP contribution in [0.4, 0.5) is 0 Å². The lowest BCUT2D eigenvalue weighted by molar-refractivity contribution is -0.870. The van der Waals surface area contributed by atoms with E-state index >= 15 is 0 Å². The smallest absolute Gasteiger partial charge is 0.306 e. The van der Waals surface area contributed by atoms with Crippen LogP contribution in [0, 0.1) is 0 Å². The number of nitrogens with zero attached hydrogens (tertiary/aromatic N) is 1. The maximum Gasteiger partial charge on any atom is 0.306 e. The van der Waals surface area contributed by atoms with Crippen molar-refractivity contribution in [3.8, 4) is 0 Å². The second-order valence-corrected chi connectivity index (χ2v) is 27.6. The molecule has 97 heavy (non-hydrogen) atoms. The van der Waals surface area contributed by atoms with Crippen LogP contribution < -0.4 is 5.11 Å². The van der Waals surface area contributed by atoms with E-state index in [0.717, 1.165) is 122 Å². The van der Waals surface area contributed by atoms with Crippen molar-refractivity contribution >= 4 is 17.9 Å². The van der Waals surface area contributed by atoms with Gasteiger partial charge in [0, 0.05) is 12.8 Å². The van der Waals surface area contributed by atoms with Crippen LogP contribution in [0.3, 0.4) is 0 Å². The summed E-state index contributed by atoms with van der Waals surface area (Å²) in [5, 5.41) is 11.9. The Hall–Kier alpha value is -4.83.